The van der Waals surface area contributed by atoms with Gasteiger partial charge in [0, 0.05) is 12.4 Å². The minimum Gasteiger partial charge on any atom is -0.295 e. The van der Waals surface area contributed by atoms with E-state index in [1.165, 1.54) is 11.1 Å². The Hall–Kier alpha value is -1.46. The van der Waals surface area contributed by atoms with E-state index in [0.29, 0.717) is 10.6 Å². The average molecular weight is 268 g/mol. The van der Waals surface area contributed by atoms with Crippen molar-refractivity contribution in [3.8, 4) is 0 Å². The van der Waals surface area contributed by atoms with Gasteiger partial charge in [0.05, 0.1) is 23.7 Å². The van der Waals surface area contributed by atoms with Crippen LogP contribution in [0, 0.1) is 0 Å². The summed E-state index contributed by atoms with van der Waals surface area (Å²) < 4.78 is 0. The van der Waals surface area contributed by atoms with Gasteiger partial charge in [0.1, 0.15) is 0 Å². The molecular formula is C12H14ClN3O2. The van der Waals surface area contributed by atoms with Gasteiger partial charge in [-0.15, -0.1) is 0 Å². The zero-order valence-electron chi connectivity index (χ0n) is 10.2. The highest BCUT2D eigenvalue weighted by Gasteiger charge is 2.39. The van der Waals surface area contributed by atoms with Gasteiger partial charge in [-0.3, -0.25) is 24.8 Å². The summed E-state index contributed by atoms with van der Waals surface area (Å²) in [5.74, 6) is -0.487. The van der Waals surface area contributed by atoms with E-state index < -0.39 is 5.54 Å². The van der Waals surface area contributed by atoms with Gasteiger partial charge in [-0.2, -0.15) is 0 Å². The second kappa shape index (κ2) is 4.66. The van der Waals surface area contributed by atoms with Crippen molar-refractivity contribution in [2.45, 2.75) is 25.9 Å². The third-order valence-electron chi connectivity index (χ3n) is 2.95. The van der Waals surface area contributed by atoms with Crippen LogP contribution < -0.4 is 5.32 Å². The average Bonchev–Trinajstić information content (AvgIpc) is 2.33. The van der Waals surface area contributed by atoms with Crippen molar-refractivity contribution < 1.29 is 9.59 Å². The summed E-state index contributed by atoms with van der Waals surface area (Å²) in [5, 5.41) is 3.36. The first kappa shape index (κ1) is 13.0. The van der Waals surface area contributed by atoms with Crippen molar-refractivity contribution >= 4 is 23.4 Å². The highest BCUT2D eigenvalue weighted by molar-refractivity contribution is 6.31. The lowest BCUT2D eigenvalue weighted by Crippen LogP contribution is -2.63. The number of piperazine rings is 1. The molecule has 2 heterocycles. The normalized spacial score (nSPS) is 19.2. The zero-order valence-corrected chi connectivity index (χ0v) is 11.0. The molecule has 0 aromatic carbocycles. The van der Waals surface area contributed by atoms with Crippen molar-refractivity contribution in [3.63, 3.8) is 0 Å². The topological polar surface area (TPSA) is 62.3 Å². The predicted molar refractivity (Wildman–Crippen MR) is 66.9 cm³/mol. The van der Waals surface area contributed by atoms with Crippen LogP contribution in [0.25, 0.3) is 0 Å². The minimum absolute atomic E-state index is 0.154. The van der Waals surface area contributed by atoms with Crippen LogP contribution in [0.4, 0.5) is 0 Å². The highest BCUT2D eigenvalue weighted by Crippen LogP contribution is 2.20. The maximum absolute atomic E-state index is 12.2. The number of nitrogens with one attached hydrogen (secondary N) is 1. The first-order chi connectivity index (χ1) is 8.42. The van der Waals surface area contributed by atoms with Gasteiger partial charge < -0.3 is 0 Å². The monoisotopic (exact) mass is 267 g/mol. The molecule has 96 valence electrons. The first-order valence-corrected chi connectivity index (χ1v) is 5.98. The summed E-state index contributed by atoms with van der Waals surface area (Å²) in [6.45, 7) is 3.84. The van der Waals surface area contributed by atoms with E-state index in [0.717, 1.165) is 0 Å². The Balaban J connectivity index is 2.24. The molecule has 1 saturated heterocycles. The Morgan fingerprint density at radius 2 is 2.22 bits per heavy atom. The number of rotatable bonds is 2. The van der Waals surface area contributed by atoms with Crippen molar-refractivity contribution in [2.75, 3.05) is 6.54 Å². The maximum atomic E-state index is 12.2. The fourth-order valence-corrected chi connectivity index (χ4v) is 1.96. The third-order valence-corrected chi connectivity index (χ3v) is 3.29. The summed E-state index contributed by atoms with van der Waals surface area (Å²) in [7, 11) is 0. The molecule has 0 radical (unpaired) electrons. The fraction of sp³-hybridized carbons (Fsp3) is 0.417. The molecule has 1 aromatic heterocycles. The Bertz CT molecular complexity index is 502. The lowest BCUT2D eigenvalue weighted by Gasteiger charge is -2.36. The molecule has 5 nitrogen and oxygen atoms in total. The highest BCUT2D eigenvalue weighted by atomic mass is 35.5. The van der Waals surface area contributed by atoms with Crippen LogP contribution in [0.1, 0.15) is 19.4 Å². The standard InChI is InChI=1S/C12H14ClN3O2/c1-12(2)11(18)16(10(17)6-15-12)7-8-3-4-14-5-9(8)13/h3-5,15H,6-7H2,1-2H3. The molecule has 0 aliphatic carbocycles. The van der Waals surface area contributed by atoms with Crippen LogP contribution in [-0.4, -0.2) is 33.8 Å². The summed E-state index contributed by atoms with van der Waals surface area (Å²) in [6.07, 6.45) is 3.09. The lowest BCUT2D eigenvalue weighted by atomic mass is 10.00. The van der Waals surface area contributed by atoms with E-state index >= 15 is 0 Å². The van der Waals surface area contributed by atoms with Crippen LogP contribution in [-0.2, 0) is 16.1 Å². The largest absolute Gasteiger partial charge is 0.295 e. The molecule has 0 unspecified atom stereocenters. The predicted octanol–water partition coefficient (Wildman–Crippen LogP) is 0.972. The summed E-state index contributed by atoms with van der Waals surface area (Å²) in [4.78, 5) is 29.1. The molecule has 2 amide bonds. The molecule has 1 fully saturated rings. The van der Waals surface area contributed by atoms with Crippen molar-refractivity contribution in [1.29, 1.82) is 0 Å². The number of aromatic nitrogens is 1. The smallest absolute Gasteiger partial charge is 0.249 e. The van der Waals surface area contributed by atoms with Crippen LogP contribution in [0.5, 0.6) is 0 Å². The van der Waals surface area contributed by atoms with Crippen LogP contribution in [0.2, 0.25) is 5.02 Å². The van der Waals surface area contributed by atoms with Crippen molar-refractivity contribution in [3.05, 3.63) is 29.0 Å². The Labute approximate surface area is 110 Å². The third kappa shape index (κ3) is 2.37. The molecule has 6 heteroatoms. The van der Waals surface area contributed by atoms with E-state index in [1.807, 2.05) is 0 Å². The van der Waals surface area contributed by atoms with E-state index in [1.54, 1.807) is 26.1 Å². The Morgan fingerprint density at radius 3 is 2.89 bits per heavy atom. The van der Waals surface area contributed by atoms with Gasteiger partial charge in [0.25, 0.3) is 0 Å². The molecule has 18 heavy (non-hydrogen) atoms. The second-order valence-electron chi connectivity index (χ2n) is 4.73. The maximum Gasteiger partial charge on any atom is 0.249 e. The molecular weight excluding hydrogens is 254 g/mol. The van der Waals surface area contributed by atoms with Gasteiger partial charge in [0.2, 0.25) is 11.8 Å². The van der Waals surface area contributed by atoms with Gasteiger partial charge >= 0.3 is 0 Å². The molecule has 0 saturated carbocycles. The molecule has 0 atom stereocenters. The van der Waals surface area contributed by atoms with E-state index in [2.05, 4.69) is 10.3 Å². The number of imide groups is 1. The number of halogens is 1. The SMILES string of the molecule is CC1(C)NCC(=O)N(Cc2ccncc2Cl)C1=O. The molecule has 1 aliphatic heterocycles. The molecule has 0 spiro atoms. The number of hydrogen-bond acceptors (Lipinski definition) is 4. The first-order valence-electron chi connectivity index (χ1n) is 5.60. The van der Waals surface area contributed by atoms with Gasteiger partial charge in [-0.1, -0.05) is 11.6 Å². The summed E-state index contributed by atoms with van der Waals surface area (Å²) in [6, 6.07) is 1.71. The quantitative estimate of drug-likeness (QED) is 0.811. The molecule has 1 aliphatic rings. The molecule has 2 rings (SSSR count). The van der Waals surface area contributed by atoms with Gasteiger partial charge in [-0.05, 0) is 25.5 Å². The number of carbonyl (C=O) groups is 2. The van der Waals surface area contributed by atoms with E-state index in [9.17, 15) is 9.59 Å². The van der Waals surface area contributed by atoms with Gasteiger partial charge in [0.15, 0.2) is 0 Å². The Kier molecular flexibility index (Phi) is 3.36. The van der Waals surface area contributed by atoms with Crippen molar-refractivity contribution in [1.82, 2.24) is 15.2 Å². The number of nitrogens with zero attached hydrogens (tertiary/aromatic N) is 2. The van der Waals surface area contributed by atoms with Crippen LogP contribution in [0.15, 0.2) is 18.5 Å². The van der Waals surface area contributed by atoms with Gasteiger partial charge in [-0.25, -0.2) is 0 Å². The second-order valence-corrected chi connectivity index (χ2v) is 5.14. The van der Waals surface area contributed by atoms with Crippen LogP contribution >= 0.6 is 11.6 Å². The zero-order chi connectivity index (χ0) is 13.3. The number of pyridine rings is 1. The Morgan fingerprint density at radius 1 is 1.50 bits per heavy atom. The number of hydrogen-bond donors (Lipinski definition) is 1. The van der Waals surface area contributed by atoms with Crippen molar-refractivity contribution in [2.24, 2.45) is 0 Å². The summed E-state index contributed by atoms with van der Waals surface area (Å²) >= 11 is 5.98. The molecule has 1 N–H and O–H groups in total. The minimum atomic E-state index is -0.729. The van der Waals surface area contributed by atoms with E-state index in [-0.39, 0.29) is 24.9 Å². The fourth-order valence-electron chi connectivity index (χ4n) is 1.78. The molecule has 1 aromatic rings. The van der Waals surface area contributed by atoms with Crippen LogP contribution in [0.3, 0.4) is 0 Å². The summed E-state index contributed by atoms with van der Waals surface area (Å²) in [5.41, 5.74) is -0.0148. The number of carbonyl (C=O) groups excluding carboxylic acids is 2. The molecule has 0 bridgehead atoms. The lowest BCUT2D eigenvalue weighted by molar-refractivity contribution is -0.153. The number of amides is 2. The van der Waals surface area contributed by atoms with E-state index in [4.69, 9.17) is 11.6 Å².